The SMILES string of the molecule is CN=C(NCCNC(=O)c1ccccc1)NC1CCC(C)CC1. The molecule has 1 amide bonds. The Hall–Kier alpha value is -2.04. The topological polar surface area (TPSA) is 65.5 Å². The van der Waals surface area contributed by atoms with Gasteiger partial charge in [-0.25, -0.2) is 0 Å². The van der Waals surface area contributed by atoms with E-state index < -0.39 is 0 Å². The Bertz CT molecular complexity index is 507. The van der Waals surface area contributed by atoms with Crippen molar-refractivity contribution >= 4 is 11.9 Å². The molecule has 1 saturated carbocycles. The Morgan fingerprint density at radius 2 is 1.74 bits per heavy atom. The van der Waals surface area contributed by atoms with Crippen LogP contribution in [-0.4, -0.2) is 38.0 Å². The van der Waals surface area contributed by atoms with Crippen molar-refractivity contribution in [3.63, 3.8) is 0 Å². The summed E-state index contributed by atoms with van der Waals surface area (Å²) in [7, 11) is 1.78. The molecular weight excluding hydrogens is 288 g/mol. The predicted octanol–water partition coefficient (Wildman–Crippen LogP) is 2.16. The highest BCUT2D eigenvalue weighted by Crippen LogP contribution is 2.23. The fourth-order valence-corrected chi connectivity index (χ4v) is 2.84. The molecule has 0 spiro atoms. The Labute approximate surface area is 139 Å². The van der Waals surface area contributed by atoms with E-state index in [9.17, 15) is 4.79 Å². The Balaban J connectivity index is 1.65. The van der Waals surface area contributed by atoms with Crippen LogP contribution in [0, 0.1) is 5.92 Å². The number of guanidine groups is 1. The molecule has 0 aliphatic heterocycles. The Kier molecular flexibility index (Phi) is 6.91. The molecular formula is C18H28N4O. The zero-order valence-electron chi connectivity index (χ0n) is 14.1. The minimum Gasteiger partial charge on any atom is -0.355 e. The molecule has 1 aliphatic carbocycles. The molecule has 0 aromatic heterocycles. The van der Waals surface area contributed by atoms with Crippen molar-refractivity contribution in [2.24, 2.45) is 10.9 Å². The van der Waals surface area contributed by atoms with Gasteiger partial charge in [0.1, 0.15) is 0 Å². The van der Waals surface area contributed by atoms with Crippen molar-refractivity contribution in [2.45, 2.75) is 38.6 Å². The van der Waals surface area contributed by atoms with Gasteiger partial charge < -0.3 is 16.0 Å². The van der Waals surface area contributed by atoms with Crippen molar-refractivity contribution in [2.75, 3.05) is 20.1 Å². The van der Waals surface area contributed by atoms with Crippen LogP contribution in [0.5, 0.6) is 0 Å². The molecule has 0 unspecified atom stereocenters. The summed E-state index contributed by atoms with van der Waals surface area (Å²) in [6, 6.07) is 9.77. The van der Waals surface area contributed by atoms with Gasteiger partial charge in [0.05, 0.1) is 0 Å². The van der Waals surface area contributed by atoms with Crippen LogP contribution in [0.1, 0.15) is 43.0 Å². The molecule has 5 nitrogen and oxygen atoms in total. The third-order valence-electron chi connectivity index (χ3n) is 4.32. The molecule has 0 atom stereocenters. The second kappa shape index (κ2) is 9.18. The molecule has 0 radical (unpaired) electrons. The zero-order chi connectivity index (χ0) is 16.5. The molecule has 1 aromatic carbocycles. The number of amides is 1. The maximum absolute atomic E-state index is 11.9. The molecule has 1 aliphatic rings. The predicted molar refractivity (Wildman–Crippen MR) is 94.7 cm³/mol. The smallest absolute Gasteiger partial charge is 0.251 e. The molecule has 0 heterocycles. The van der Waals surface area contributed by atoms with E-state index >= 15 is 0 Å². The van der Waals surface area contributed by atoms with Gasteiger partial charge in [0.25, 0.3) is 5.91 Å². The van der Waals surface area contributed by atoms with Crippen molar-refractivity contribution in [1.82, 2.24) is 16.0 Å². The van der Waals surface area contributed by atoms with Gasteiger partial charge in [0.2, 0.25) is 0 Å². The standard InChI is InChI=1S/C18H28N4O/c1-14-8-10-16(11-9-14)22-18(19-2)21-13-12-20-17(23)15-6-4-3-5-7-15/h3-7,14,16H,8-13H2,1-2H3,(H,20,23)(H2,19,21,22). The summed E-state index contributed by atoms with van der Waals surface area (Å²) in [6.45, 7) is 3.54. The number of carbonyl (C=O) groups is 1. The zero-order valence-corrected chi connectivity index (χ0v) is 14.1. The van der Waals surface area contributed by atoms with Crippen molar-refractivity contribution in [3.8, 4) is 0 Å². The van der Waals surface area contributed by atoms with Crippen LogP contribution in [0.15, 0.2) is 35.3 Å². The van der Waals surface area contributed by atoms with E-state index in [0.717, 1.165) is 11.9 Å². The summed E-state index contributed by atoms with van der Waals surface area (Å²) in [5.74, 6) is 1.62. The van der Waals surface area contributed by atoms with Gasteiger partial charge >= 0.3 is 0 Å². The van der Waals surface area contributed by atoms with Crippen molar-refractivity contribution in [3.05, 3.63) is 35.9 Å². The van der Waals surface area contributed by atoms with E-state index in [4.69, 9.17) is 0 Å². The lowest BCUT2D eigenvalue weighted by atomic mass is 9.87. The first kappa shape index (κ1) is 17.3. The van der Waals surface area contributed by atoms with Gasteiger partial charge in [-0.1, -0.05) is 25.1 Å². The average molecular weight is 316 g/mol. The maximum atomic E-state index is 11.9. The van der Waals surface area contributed by atoms with E-state index in [1.165, 1.54) is 25.7 Å². The Morgan fingerprint density at radius 1 is 1.09 bits per heavy atom. The van der Waals surface area contributed by atoms with Crippen LogP contribution < -0.4 is 16.0 Å². The fraction of sp³-hybridized carbons (Fsp3) is 0.556. The van der Waals surface area contributed by atoms with Crippen molar-refractivity contribution in [1.29, 1.82) is 0 Å². The summed E-state index contributed by atoms with van der Waals surface area (Å²) >= 11 is 0. The lowest BCUT2D eigenvalue weighted by molar-refractivity contribution is 0.0954. The maximum Gasteiger partial charge on any atom is 0.251 e. The first-order chi connectivity index (χ1) is 11.2. The van der Waals surface area contributed by atoms with Gasteiger partial charge in [0.15, 0.2) is 5.96 Å². The molecule has 126 valence electrons. The highest BCUT2D eigenvalue weighted by Gasteiger charge is 2.18. The van der Waals surface area contributed by atoms with Gasteiger partial charge in [-0.15, -0.1) is 0 Å². The third-order valence-corrected chi connectivity index (χ3v) is 4.32. The second-order valence-electron chi connectivity index (χ2n) is 6.22. The molecule has 23 heavy (non-hydrogen) atoms. The molecule has 5 heteroatoms. The monoisotopic (exact) mass is 316 g/mol. The van der Waals surface area contributed by atoms with E-state index in [2.05, 4.69) is 27.9 Å². The summed E-state index contributed by atoms with van der Waals surface area (Å²) in [4.78, 5) is 16.2. The molecule has 0 bridgehead atoms. The van der Waals surface area contributed by atoms with Crippen LogP contribution in [0.3, 0.4) is 0 Å². The largest absolute Gasteiger partial charge is 0.355 e. The summed E-state index contributed by atoms with van der Waals surface area (Å²) < 4.78 is 0. The van der Waals surface area contributed by atoms with Crippen LogP contribution in [0.2, 0.25) is 0 Å². The second-order valence-corrected chi connectivity index (χ2v) is 6.22. The molecule has 0 saturated heterocycles. The van der Waals surface area contributed by atoms with E-state index in [0.29, 0.717) is 24.7 Å². The Morgan fingerprint density at radius 3 is 2.39 bits per heavy atom. The lowest BCUT2D eigenvalue weighted by Gasteiger charge is -2.28. The van der Waals surface area contributed by atoms with Gasteiger partial charge in [-0.05, 0) is 43.7 Å². The molecule has 1 fully saturated rings. The number of carbonyl (C=O) groups excluding carboxylic acids is 1. The van der Waals surface area contributed by atoms with Gasteiger partial charge in [-0.3, -0.25) is 9.79 Å². The number of nitrogens with one attached hydrogen (secondary N) is 3. The first-order valence-corrected chi connectivity index (χ1v) is 8.49. The van der Waals surface area contributed by atoms with Gasteiger partial charge in [-0.2, -0.15) is 0 Å². The van der Waals surface area contributed by atoms with Gasteiger partial charge in [0, 0.05) is 31.7 Å². The van der Waals surface area contributed by atoms with E-state index in [1.54, 1.807) is 7.05 Å². The van der Waals surface area contributed by atoms with Crippen LogP contribution >= 0.6 is 0 Å². The number of rotatable bonds is 5. The van der Waals surface area contributed by atoms with Crippen molar-refractivity contribution < 1.29 is 4.79 Å². The normalized spacial score (nSPS) is 21.6. The average Bonchev–Trinajstić information content (AvgIpc) is 2.60. The van der Waals surface area contributed by atoms with Crippen LogP contribution in [0.4, 0.5) is 0 Å². The number of hydrogen-bond donors (Lipinski definition) is 3. The number of aliphatic imine (C=N–C) groups is 1. The van der Waals surface area contributed by atoms with E-state index in [-0.39, 0.29) is 5.91 Å². The highest BCUT2D eigenvalue weighted by molar-refractivity contribution is 5.94. The molecule has 3 N–H and O–H groups in total. The lowest BCUT2D eigenvalue weighted by Crippen LogP contribution is -2.46. The first-order valence-electron chi connectivity index (χ1n) is 8.49. The number of hydrogen-bond acceptors (Lipinski definition) is 2. The fourth-order valence-electron chi connectivity index (χ4n) is 2.84. The summed E-state index contributed by atoms with van der Waals surface area (Å²) in [5, 5.41) is 9.63. The van der Waals surface area contributed by atoms with Crippen LogP contribution in [-0.2, 0) is 0 Å². The number of benzene rings is 1. The number of nitrogens with zero attached hydrogens (tertiary/aromatic N) is 1. The summed E-state index contributed by atoms with van der Waals surface area (Å²) in [6.07, 6.45) is 4.96. The van der Waals surface area contributed by atoms with E-state index in [1.807, 2.05) is 30.3 Å². The minimum absolute atomic E-state index is 0.0448. The molecule has 1 aromatic rings. The summed E-state index contributed by atoms with van der Waals surface area (Å²) in [5.41, 5.74) is 0.686. The van der Waals surface area contributed by atoms with Crippen LogP contribution in [0.25, 0.3) is 0 Å². The third kappa shape index (κ3) is 5.93. The minimum atomic E-state index is -0.0448. The molecule has 2 rings (SSSR count). The quantitative estimate of drug-likeness (QED) is 0.443. The highest BCUT2D eigenvalue weighted by atomic mass is 16.1.